The van der Waals surface area contributed by atoms with Crippen LogP contribution in [0.4, 0.5) is 0 Å². The fourth-order valence-corrected chi connectivity index (χ4v) is 2.28. The zero-order valence-corrected chi connectivity index (χ0v) is 9.85. The Kier molecular flexibility index (Phi) is 3.52. The van der Waals surface area contributed by atoms with Crippen molar-refractivity contribution in [3.8, 4) is 0 Å². The van der Waals surface area contributed by atoms with Crippen LogP contribution in [0.3, 0.4) is 0 Å². The van der Waals surface area contributed by atoms with E-state index in [0.717, 1.165) is 18.5 Å². The lowest BCUT2D eigenvalue weighted by molar-refractivity contribution is 0.501. The molecule has 1 aliphatic rings. The number of hydrogen-bond acceptors (Lipinski definition) is 2. The second kappa shape index (κ2) is 4.71. The molecule has 1 heterocycles. The van der Waals surface area contributed by atoms with E-state index in [0.29, 0.717) is 16.1 Å². The molecule has 4 heteroatoms. The largest absolute Gasteiger partial charge is 0.323 e. The number of nitrogens with one attached hydrogen (secondary N) is 1. The standard InChI is InChI=1S/C11H14Cl2N2/c12-8-4-3-7(6-9(8)13)11(14)10-2-1-5-15-10/h3-4,6,10-11,15H,1-2,5,14H2/t10-,11-/m0/s1. The average molecular weight is 245 g/mol. The molecule has 2 nitrogen and oxygen atoms in total. The van der Waals surface area contributed by atoms with E-state index in [1.807, 2.05) is 12.1 Å². The second-order valence-corrected chi connectivity index (χ2v) is 4.72. The summed E-state index contributed by atoms with van der Waals surface area (Å²) in [4.78, 5) is 0. The van der Waals surface area contributed by atoms with Crippen LogP contribution in [0.1, 0.15) is 24.4 Å². The van der Waals surface area contributed by atoms with Gasteiger partial charge in [-0.3, -0.25) is 0 Å². The fraction of sp³-hybridized carbons (Fsp3) is 0.455. The van der Waals surface area contributed by atoms with E-state index in [2.05, 4.69) is 5.32 Å². The van der Waals surface area contributed by atoms with E-state index in [1.54, 1.807) is 6.07 Å². The average Bonchev–Trinajstić information content (AvgIpc) is 2.74. The molecule has 1 saturated heterocycles. The van der Waals surface area contributed by atoms with Crippen molar-refractivity contribution in [2.45, 2.75) is 24.9 Å². The van der Waals surface area contributed by atoms with E-state index in [1.165, 1.54) is 6.42 Å². The summed E-state index contributed by atoms with van der Waals surface area (Å²) in [6, 6.07) is 5.96. The quantitative estimate of drug-likeness (QED) is 0.840. The predicted molar refractivity (Wildman–Crippen MR) is 64.4 cm³/mol. The van der Waals surface area contributed by atoms with Gasteiger partial charge in [0, 0.05) is 12.1 Å². The molecule has 0 unspecified atom stereocenters. The highest BCUT2D eigenvalue weighted by molar-refractivity contribution is 6.42. The first-order valence-corrected chi connectivity index (χ1v) is 5.88. The van der Waals surface area contributed by atoms with Gasteiger partial charge in [-0.1, -0.05) is 29.3 Å². The van der Waals surface area contributed by atoms with Crippen molar-refractivity contribution in [2.75, 3.05) is 6.54 Å². The zero-order chi connectivity index (χ0) is 10.8. The Bertz CT molecular complexity index is 348. The molecule has 0 radical (unpaired) electrons. The SMILES string of the molecule is N[C@@H](c1ccc(Cl)c(Cl)c1)[C@@H]1CCCN1. The van der Waals surface area contributed by atoms with Crippen molar-refractivity contribution < 1.29 is 0 Å². The Hall–Kier alpha value is -0.280. The zero-order valence-electron chi connectivity index (χ0n) is 8.34. The van der Waals surface area contributed by atoms with Gasteiger partial charge < -0.3 is 11.1 Å². The van der Waals surface area contributed by atoms with Gasteiger partial charge in [-0.25, -0.2) is 0 Å². The molecule has 0 amide bonds. The summed E-state index contributed by atoms with van der Waals surface area (Å²) in [5.41, 5.74) is 7.20. The normalized spacial score (nSPS) is 23.0. The van der Waals surface area contributed by atoms with Gasteiger partial charge in [-0.2, -0.15) is 0 Å². The van der Waals surface area contributed by atoms with Crippen LogP contribution >= 0.6 is 23.2 Å². The number of benzene rings is 1. The van der Waals surface area contributed by atoms with Crippen molar-refractivity contribution in [3.05, 3.63) is 33.8 Å². The first kappa shape index (κ1) is 11.2. The predicted octanol–water partition coefficient (Wildman–Crippen LogP) is 2.75. The minimum absolute atomic E-state index is 0.00210. The van der Waals surface area contributed by atoms with Crippen LogP contribution < -0.4 is 11.1 Å². The topological polar surface area (TPSA) is 38.0 Å². The molecule has 1 fully saturated rings. The lowest BCUT2D eigenvalue weighted by atomic mass is 9.99. The van der Waals surface area contributed by atoms with E-state index >= 15 is 0 Å². The third-order valence-electron chi connectivity index (χ3n) is 2.86. The van der Waals surface area contributed by atoms with Crippen molar-refractivity contribution in [2.24, 2.45) is 5.73 Å². The monoisotopic (exact) mass is 244 g/mol. The lowest BCUT2D eigenvalue weighted by Crippen LogP contribution is -2.34. The summed E-state index contributed by atoms with van der Waals surface area (Å²) in [6.07, 6.45) is 2.32. The molecule has 0 spiro atoms. The third kappa shape index (κ3) is 2.45. The third-order valence-corrected chi connectivity index (χ3v) is 3.60. The Morgan fingerprint density at radius 2 is 2.13 bits per heavy atom. The van der Waals surface area contributed by atoms with Crippen LogP contribution in [-0.4, -0.2) is 12.6 Å². The maximum atomic E-state index is 6.16. The van der Waals surface area contributed by atoms with Gasteiger partial charge in [-0.05, 0) is 37.1 Å². The fourth-order valence-electron chi connectivity index (χ4n) is 1.97. The first-order chi connectivity index (χ1) is 7.18. The first-order valence-electron chi connectivity index (χ1n) is 5.12. The van der Waals surface area contributed by atoms with E-state index in [-0.39, 0.29) is 6.04 Å². The highest BCUT2D eigenvalue weighted by Crippen LogP contribution is 2.27. The number of nitrogens with two attached hydrogens (primary N) is 1. The molecule has 0 saturated carbocycles. The summed E-state index contributed by atoms with van der Waals surface area (Å²) < 4.78 is 0. The molecule has 3 N–H and O–H groups in total. The molecule has 0 bridgehead atoms. The molecule has 2 atom stereocenters. The Morgan fingerprint density at radius 3 is 2.73 bits per heavy atom. The van der Waals surface area contributed by atoms with Crippen LogP contribution in [0.5, 0.6) is 0 Å². The van der Waals surface area contributed by atoms with Gasteiger partial charge in [0.25, 0.3) is 0 Å². The Labute approximate surface area is 99.7 Å². The van der Waals surface area contributed by atoms with Crippen LogP contribution in [0.2, 0.25) is 10.0 Å². The highest BCUT2D eigenvalue weighted by atomic mass is 35.5. The maximum Gasteiger partial charge on any atom is 0.0595 e. The molecular weight excluding hydrogens is 231 g/mol. The molecular formula is C11H14Cl2N2. The van der Waals surface area contributed by atoms with Gasteiger partial charge in [0.1, 0.15) is 0 Å². The van der Waals surface area contributed by atoms with Crippen LogP contribution in [0.15, 0.2) is 18.2 Å². The Morgan fingerprint density at radius 1 is 1.33 bits per heavy atom. The molecule has 0 aliphatic carbocycles. The van der Waals surface area contributed by atoms with E-state index < -0.39 is 0 Å². The van der Waals surface area contributed by atoms with Gasteiger partial charge in [0.05, 0.1) is 10.0 Å². The van der Waals surface area contributed by atoms with E-state index in [4.69, 9.17) is 28.9 Å². The minimum Gasteiger partial charge on any atom is -0.323 e. The van der Waals surface area contributed by atoms with Crippen molar-refractivity contribution in [1.29, 1.82) is 0 Å². The van der Waals surface area contributed by atoms with Gasteiger partial charge >= 0.3 is 0 Å². The molecule has 0 aromatic heterocycles. The molecule has 1 aromatic carbocycles. The lowest BCUT2D eigenvalue weighted by Gasteiger charge is -2.20. The maximum absolute atomic E-state index is 6.16. The summed E-state index contributed by atoms with van der Waals surface area (Å²) in [7, 11) is 0. The molecule has 82 valence electrons. The number of hydrogen-bond donors (Lipinski definition) is 2. The summed E-state index contributed by atoms with van der Waals surface area (Å²) in [5.74, 6) is 0. The van der Waals surface area contributed by atoms with Crippen molar-refractivity contribution in [3.63, 3.8) is 0 Å². The molecule has 15 heavy (non-hydrogen) atoms. The molecule has 1 aromatic rings. The highest BCUT2D eigenvalue weighted by Gasteiger charge is 2.22. The minimum atomic E-state index is 0.00210. The summed E-state index contributed by atoms with van der Waals surface area (Å²) >= 11 is 11.8. The van der Waals surface area contributed by atoms with Gasteiger partial charge in [0.15, 0.2) is 0 Å². The van der Waals surface area contributed by atoms with Crippen LogP contribution in [0.25, 0.3) is 0 Å². The van der Waals surface area contributed by atoms with E-state index in [9.17, 15) is 0 Å². The molecule has 2 rings (SSSR count). The number of rotatable bonds is 2. The van der Waals surface area contributed by atoms with Crippen LogP contribution in [-0.2, 0) is 0 Å². The molecule has 1 aliphatic heterocycles. The summed E-state index contributed by atoms with van der Waals surface area (Å²) in [6.45, 7) is 1.06. The van der Waals surface area contributed by atoms with Crippen molar-refractivity contribution >= 4 is 23.2 Å². The smallest absolute Gasteiger partial charge is 0.0595 e. The second-order valence-electron chi connectivity index (χ2n) is 3.90. The van der Waals surface area contributed by atoms with Gasteiger partial charge in [-0.15, -0.1) is 0 Å². The van der Waals surface area contributed by atoms with Gasteiger partial charge in [0.2, 0.25) is 0 Å². The number of halogens is 2. The Balaban J connectivity index is 2.17. The summed E-state index contributed by atoms with van der Waals surface area (Å²) in [5, 5.41) is 4.54. The van der Waals surface area contributed by atoms with Crippen LogP contribution in [0, 0.1) is 0 Å². The van der Waals surface area contributed by atoms with Crippen molar-refractivity contribution in [1.82, 2.24) is 5.32 Å².